The third-order valence-corrected chi connectivity index (χ3v) is 4.50. The predicted octanol–water partition coefficient (Wildman–Crippen LogP) is -0.0651. The normalized spacial score (nSPS) is 18.3. The minimum atomic E-state index is -3.44. The molecule has 1 rings (SSSR count). The molecule has 7 nitrogen and oxygen atoms in total. The average Bonchev–Trinajstić information content (AvgIpc) is 2.43. The molecule has 22 heavy (non-hydrogen) atoms. The lowest BCUT2D eigenvalue weighted by Crippen LogP contribution is -2.51. The molecule has 0 saturated carbocycles. The van der Waals surface area contributed by atoms with Gasteiger partial charge in [-0.3, -0.25) is 9.59 Å². The maximum absolute atomic E-state index is 12.6. The van der Waals surface area contributed by atoms with Crippen LogP contribution < -0.4 is 10.0 Å². The number of rotatable bonds is 6. The Morgan fingerprint density at radius 2 is 1.77 bits per heavy atom. The molecule has 1 aliphatic heterocycles. The van der Waals surface area contributed by atoms with Crippen molar-refractivity contribution >= 4 is 21.8 Å². The van der Waals surface area contributed by atoms with Gasteiger partial charge >= 0.3 is 0 Å². The Hall–Kier alpha value is -1.15. The van der Waals surface area contributed by atoms with Crippen LogP contribution in [0.1, 0.15) is 33.1 Å². The summed E-state index contributed by atoms with van der Waals surface area (Å²) in [6.45, 7) is 4.86. The molecule has 0 spiro atoms. The van der Waals surface area contributed by atoms with E-state index >= 15 is 0 Å². The number of carbonyl (C=O) groups is 2. The van der Waals surface area contributed by atoms with Crippen LogP contribution in [0.25, 0.3) is 0 Å². The third-order valence-electron chi connectivity index (χ3n) is 3.79. The van der Waals surface area contributed by atoms with Crippen molar-refractivity contribution < 1.29 is 18.0 Å². The number of nitrogens with one attached hydrogen (secondary N) is 2. The van der Waals surface area contributed by atoms with Gasteiger partial charge in [0.25, 0.3) is 0 Å². The number of likely N-dealkylation sites (tertiary alicyclic amines) is 1. The molecular formula is C14H27N3O4S. The van der Waals surface area contributed by atoms with Gasteiger partial charge in [-0.05, 0) is 25.2 Å². The molecule has 1 fully saturated rings. The van der Waals surface area contributed by atoms with Gasteiger partial charge in [-0.15, -0.1) is 0 Å². The number of hydrogen-bond donors (Lipinski definition) is 2. The Balaban J connectivity index is 2.69. The van der Waals surface area contributed by atoms with E-state index in [-0.39, 0.29) is 23.7 Å². The summed E-state index contributed by atoms with van der Waals surface area (Å²) >= 11 is 0. The Bertz CT molecular complexity index is 496. The summed E-state index contributed by atoms with van der Waals surface area (Å²) in [6.07, 6.45) is 2.74. The van der Waals surface area contributed by atoms with E-state index in [2.05, 4.69) is 10.0 Å². The SMILES string of the molecule is CNC(=O)C1CCN(C(=O)[C@H](CC(C)C)NS(C)(=O)=O)CC1. The highest BCUT2D eigenvalue weighted by molar-refractivity contribution is 7.88. The summed E-state index contributed by atoms with van der Waals surface area (Å²) in [6, 6.07) is -0.730. The minimum absolute atomic E-state index is 0.0000837. The van der Waals surface area contributed by atoms with Crippen molar-refractivity contribution in [1.29, 1.82) is 0 Å². The number of hydrogen-bond acceptors (Lipinski definition) is 4. The van der Waals surface area contributed by atoms with Crippen LogP contribution >= 0.6 is 0 Å². The summed E-state index contributed by atoms with van der Waals surface area (Å²) in [4.78, 5) is 25.8. The van der Waals surface area contributed by atoms with Crippen LogP contribution in [0.15, 0.2) is 0 Å². The number of sulfonamides is 1. The maximum Gasteiger partial charge on any atom is 0.240 e. The zero-order valence-electron chi connectivity index (χ0n) is 13.8. The lowest BCUT2D eigenvalue weighted by Gasteiger charge is -2.34. The van der Waals surface area contributed by atoms with Gasteiger partial charge in [0.1, 0.15) is 6.04 Å². The molecule has 1 heterocycles. The predicted molar refractivity (Wildman–Crippen MR) is 84.6 cm³/mol. The lowest BCUT2D eigenvalue weighted by atomic mass is 9.95. The number of nitrogens with zero attached hydrogens (tertiary/aromatic N) is 1. The highest BCUT2D eigenvalue weighted by Gasteiger charge is 2.32. The highest BCUT2D eigenvalue weighted by Crippen LogP contribution is 2.19. The quantitative estimate of drug-likeness (QED) is 0.711. The van der Waals surface area contributed by atoms with Crippen LogP contribution in [0.5, 0.6) is 0 Å². The minimum Gasteiger partial charge on any atom is -0.359 e. The number of amides is 2. The molecule has 128 valence electrons. The molecule has 1 aliphatic rings. The van der Waals surface area contributed by atoms with Crippen molar-refractivity contribution in [3.63, 3.8) is 0 Å². The highest BCUT2D eigenvalue weighted by atomic mass is 32.2. The van der Waals surface area contributed by atoms with Gasteiger partial charge in [-0.2, -0.15) is 0 Å². The van der Waals surface area contributed by atoms with E-state index in [1.165, 1.54) is 0 Å². The molecule has 0 unspecified atom stereocenters. The first-order valence-electron chi connectivity index (χ1n) is 7.61. The van der Waals surface area contributed by atoms with Crippen LogP contribution in [0.4, 0.5) is 0 Å². The second-order valence-corrected chi connectivity index (χ2v) is 8.07. The largest absolute Gasteiger partial charge is 0.359 e. The fraction of sp³-hybridized carbons (Fsp3) is 0.857. The van der Waals surface area contributed by atoms with Crippen molar-refractivity contribution in [2.45, 2.75) is 39.2 Å². The Kier molecular flexibility index (Phi) is 6.80. The van der Waals surface area contributed by atoms with E-state index in [9.17, 15) is 18.0 Å². The molecule has 2 N–H and O–H groups in total. The molecule has 8 heteroatoms. The lowest BCUT2D eigenvalue weighted by molar-refractivity contribution is -0.137. The first-order valence-corrected chi connectivity index (χ1v) is 9.51. The van der Waals surface area contributed by atoms with Gasteiger partial charge in [0.05, 0.1) is 6.26 Å². The van der Waals surface area contributed by atoms with E-state index in [0.717, 1.165) is 6.26 Å². The Morgan fingerprint density at radius 1 is 1.23 bits per heavy atom. The van der Waals surface area contributed by atoms with Gasteiger partial charge < -0.3 is 10.2 Å². The van der Waals surface area contributed by atoms with E-state index in [1.807, 2.05) is 13.8 Å². The maximum atomic E-state index is 12.6. The van der Waals surface area contributed by atoms with Gasteiger partial charge in [-0.1, -0.05) is 13.8 Å². The topological polar surface area (TPSA) is 95.6 Å². The molecule has 0 radical (unpaired) electrons. The van der Waals surface area contributed by atoms with E-state index in [0.29, 0.717) is 32.4 Å². The van der Waals surface area contributed by atoms with Crippen LogP contribution in [-0.2, 0) is 19.6 Å². The summed E-state index contributed by atoms with van der Waals surface area (Å²) < 4.78 is 25.3. The second-order valence-electron chi connectivity index (χ2n) is 6.29. The first-order chi connectivity index (χ1) is 10.1. The van der Waals surface area contributed by atoms with Gasteiger partial charge in [0.2, 0.25) is 21.8 Å². The van der Waals surface area contributed by atoms with Crippen molar-refractivity contribution in [2.24, 2.45) is 11.8 Å². The van der Waals surface area contributed by atoms with Crippen molar-refractivity contribution in [1.82, 2.24) is 14.9 Å². The molecular weight excluding hydrogens is 306 g/mol. The molecule has 0 bridgehead atoms. The molecule has 0 aromatic rings. The zero-order valence-corrected chi connectivity index (χ0v) is 14.6. The summed E-state index contributed by atoms with van der Waals surface area (Å²) in [7, 11) is -1.84. The van der Waals surface area contributed by atoms with Crippen LogP contribution in [0.2, 0.25) is 0 Å². The van der Waals surface area contributed by atoms with Gasteiger partial charge in [0.15, 0.2) is 0 Å². The van der Waals surface area contributed by atoms with E-state index < -0.39 is 16.1 Å². The summed E-state index contributed by atoms with van der Waals surface area (Å²) in [5.74, 6) is -0.0679. The molecule has 1 saturated heterocycles. The molecule has 0 aromatic heterocycles. The van der Waals surface area contributed by atoms with Crippen molar-refractivity contribution in [3.05, 3.63) is 0 Å². The van der Waals surface area contributed by atoms with Crippen LogP contribution in [0, 0.1) is 11.8 Å². The molecule has 0 aliphatic carbocycles. The van der Waals surface area contributed by atoms with Crippen LogP contribution in [0.3, 0.4) is 0 Å². The van der Waals surface area contributed by atoms with Gasteiger partial charge in [-0.25, -0.2) is 13.1 Å². The summed E-state index contributed by atoms with van der Waals surface area (Å²) in [5.41, 5.74) is 0. The third kappa shape index (κ3) is 5.92. The average molecular weight is 333 g/mol. The fourth-order valence-electron chi connectivity index (χ4n) is 2.72. The molecule has 0 aromatic carbocycles. The smallest absolute Gasteiger partial charge is 0.240 e. The first kappa shape index (κ1) is 18.9. The van der Waals surface area contributed by atoms with Crippen LogP contribution in [-0.4, -0.2) is 57.6 Å². The zero-order chi connectivity index (χ0) is 16.9. The monoisotopic (exact) mass is 333 g/mol. The van der Waals surface area contributed by atoms with E-state index in [1.54, 1.807) is 11.9 Å². The standard InChI is InChI=1S/C14H27N3O4S/c1-10(2)9-12(16-22(4,20)21)14(19)17-7-5-11(6-8-17)13(18)15-3/h10-12,16H,5-9H2,1-4H3,(H,15,18)/t12-/m0/s1. The number of carbonyl (C=O) groups excluding carboxylic acids is 2. The molecule has 2 amide bonds. The van der Waals surface area contributed by atoms with Crippen molar-refractivity contribution in [2.75, 3.05) is 26.4 Å². The second kappa shape index (κ2) is 7.92. The summed E-state index contributed by atoms with van der Waals surface area (Å²) in [5, 5.41) is 2.62. The molecule has 1 atom stereocenters. The Morgan fingerprint density at radius 3 is 2.18 bits per heavy atom. The van der Waals surface area contributed by atoms with E-state index in [4.69, 9.17) is 0 Å². The Labute approximate surface area is 132 Å². The van der Waals surface area contributed by atoms with Crippen molar-refractivity contribution in [3.8, 4) is 0 Å². The number of piperidine rings is 1. The van der Waals surface area contributed by atoms with Gasteiger partial charge in [0, 0.05) is 26.1 Å². The fourth-order valence-corrected chi connectivity index (χ4v) is 3.43.